The molecule has 1 aliphatic heterocycles. The molecule has 0 saturated carbocycles. The fraction of sp³-hybridized carbons (Fsp3) is 0.909. The summed E-state index contributed by atoms with van der Waals surface area (Å²) in [5.41, 5.74) is -0.580. The van der Waals surface area contributed by atoms with Gasteiger partial charge in [-0.3, -0.25) is 4.79 Å². The van der Waals surface area contributed by atoms with Crippen LogP contribution in [0.15, 0.2) is 0 Å². The van der Waals surface area contributed by atoms with Crippen LogP contribution in [0.5, 0.6) is 0 Å². The van der Waals surface area contributed by atoms with Crippen LogP contribution >= 0.6 is 0 Å². The molecule has 1 rings (SSSR count). The summed E-state index contributed by atoms with van der Waals surface area (Å²) in [7, 11) is 1.85. The highest BCUT2D eigenvalue weighted by atomic mass is 16.3. The molecule has 1 heterocycles. The van der Waals surface area contributed by atoms with E-state index in [9.17, 15) is 9.90 Å². The monoisotopic (exact) mass is 214 g/mol. The van der Waals surface area contributed by atoms with E-state index in [4.69, 9.17) is 0 Å². The number of nitrogens with zero attached hydrogens (tertiary/aromatic N) is 1. The van der Waals surface area contributed by atoms with Gasteiger partial charge in [-0.25, -0.2) is 0 Å². The predicted octanol–water partition coefficient (Wildman–Crippen LogP) is 0.215. The molecule has 1 amide bonds. The van der Waals surface area contributed by atoms with E-state index in [0.717, 1.165) is 0 Å². The van der Waals surface area contributed by atoms with E-state index in [1.807, 2.05) is 25.8 Å². The van der Waals surface area contributed by atoms with E-state index in [1.54, 1.807) is 0 Å². The van der Waals surface area contributed by atoms with Crippen molar-refractivity contribution < 1.29 is 9.90 Å². The largest absolute Gasteiger partial charge is 0.390 e. The molecule has 1 aliphatic rings. The SMILES string of the molecule is CNCC(C)C(=O)N1CCC(C)(O)CC1. The Morgan fingerprint density at radius 1 is 1.53 bits per heavy atom. The fourth-order valence-corrected chi connectivity index (χ4v) is 1.91. The number of hydrogen-bond acceptors (Lipinski definition) is 3. The van der Waals surface area contributed by atoms with Crippen molar-refractivity contribution in [2.45, 2.75) is 32.3 Å². The van der Waals surface area contributed by atoms with Gasteiger partial charge in [0.05, 0.1) is 5.60 Å². The van der Waals surface area contributed by atoms with Crippen LogP contribution in [0, 0.1) is 5.92 Å². The van der Waals surface area contributed by atoms with Crippen molar-refractivity contribution in [3.05, 3.63) is 0 Å². The van der Waals surface area contributed by atoms with Crippen molar-refractivity contribution in [2.75, 3.05) is 26.7 Å². The highest BCUT2D eigenvalue weighted by molar-refractivity contribution is 5.78. The van der Waals surface area contributed by atoms with Crippen LogP contribution < -0.4 is 5.32 Å². The van der Waals surface area contributed by atoms with Gasteiger partial charge < -0.3 is 15.3 Å². The maximum Gasteiger partial charge on any atom is 0.226 e. The van der Waals surface area contributed by atoms with Gasteiger partial charge in [-0.15, -0.1) is 0 Å². The van der Waals surface area contributed by atoms with Gasteiger partial charge in [-0.1, -0.05) is 6.92 Å². The van der Waals surface area contributed by atoms with Crippen LogP contribution in [0.3, 0.4) is 0 Å². The average Bonchev–Trinajstić information content (AvgIpc) is 2.17. The normalized spacial score (nSPS) is 22.5. The third-order valence-electron chi connectivity index (χ3n) is 3.08. The van der Waals surface area contributed by atoms with Gasteiger partial charge in [0.25, 0.3) is 0 Å². The highest BCUT2D eigenvalue weighted by Crippen LogP contribution is 2.22. The van der Waals surface area contributed by atoms with E-state index in [2.05, 4.69) is 5.32 Å². The second-order valence-corrected chi connectivity index (χ2v) is 4.78. The molecular formula is C11H22N2O2. The van der Waals surface area contributed by atoms with E-state index < -0.39 is 5.60 Å². The van der Waals surface area contributed by atoms with Crippen LogP contribution in [0.1, 0.15) is 26.7 Å². The standard InChI is InChI=1S/C11H22N2O2/c1-9(8-12-3)10(14)13-6-4-11(2,15)5-7-13/h9,12,15H,4-8H2,1-3H3. The molecule has 88 valence electrons. The number of nitrogens with one attached hydrogen (secondary N) is 1. The first-order valence-electron chi connectivity index (χ1n) is 5.62. The van der Waals surface area contributed by atoms with Crippen molar-refractivity contribution in [2.24, 2.45) is 5.92 Å². The maximum atomic E-state index is 11.9. The summed E-state index contributed by atoms with van der Waals surface area (Å²) in [6, 6.07) is 0. The van der Waals surface area contributed by atoms with Gasteiger partial charge in [0.15, 0.2) is 0 Å². The lowest BCUT2D eigenvalue weighted by atomic mass is 9.93. The van der Waals surface area contributed by atoms with E-state index in [-0.39, 0.29) is 11.8 Å². The van der Waals surface area contributed by atoms with Crippen LogP contribution in [0.25, 0.3) is 0 Å². The van der Waals surface area contributed by atoms with E-state index in [1.165, 1.54) is 0 Å². The fourth-order valence-electron chi connectivity index (χ4n) is 1.91. The minimum absolute atomic E-state index is 0.0260. The first-order valence-corrected chi connectivity index (χ1v) is 5.62. The number of aliphatic hydroxyl groups is 1. The summed E-state index contributed by atoms with van der Waals surface area (Å²) in [6.07, 6.45) is 1.37. The zero-order valence-electron chi connectivity index (χ0n) is 9.92. The van der Waals surface area contributed by atoms with Crippen molar-refractivity contribution >= 4 is 5.91 Å². The molecule has 1 fully saturated rings. The third-order valence-corrected chi connectivity index (χ3v) is 3.08. The first kappa shape index (κ1) is 12.5. The van der Waals surface area contributed by atoms with Gasteiger partial charge in [0, 0.05) is 25.6 Å². The van der Waals surface area contributed by atoms with Crippen molar-refractivity contribution in [3.8, 4) is 0 Å². The lowest BCUT2D eigenvalue weighted by molar-refractivity contribution is -0.138. The Balaban J connectivity index is 2.42. The van der Waals surface area contributed by atoms with E-state index in [0.29, 0.717) is 32.5 Å². The number of carbonyl (C=O) groups is 1. The Kier molecular flexibility index (Phi) is 4.11. The Morgan fingerprint density at radius 3 is 2.53 bits per heavy atom. The zero-order chi connectivity index (χ0) is 11.5. The number of amides is 1. The number of piperidine rings is 1. The topological polar surface area (TPSA) is 52.6 Å². The Hall–Kier alpha value is -0.610. The van der Waals surface area contributed by atoms with Crippen LogP contribution in [-0.4, -0.2) is 48.2 Å². The van der Waals surface area contributed by atoms with E-state index >= 15 is 0 Å². The molecule has 0 radical (unpaired) electrons. The summed E-state index contributed by atoms with van der Waals surface area (Å²) in [4.78, 5) is 13.8. The van der Waals surface area contributed by atoms with Gasteiger partial charge in [-0.2, -0.15) is 0 Å². The van der Waals surface area contributed by atoms with Crippen molar-refractivity contribution in [3.63, 3.8) is 0 Å². The molecule has 4 heteroatoms. The number of rotatable bonds is 3. The smallest absolute Gasteiger partial charge is 0.226 e. The summed E-state index contributed by atoms with van der Waals surface area (Å²) in [6.45, 7) is 5.85. The minimum Gasteiger partial charge on any atom is -0.390 e. The number of hydrogen-bond donors (Lipinski definition) is 2. The molecule has 0 spiro atoms. The zero-order valence-corrected chi connectivity index (χ0v) is 9.92. The second kappa shape index (κ2) is 4.94. The third kappa shape index (κ3) is 3.47. The lowest BCUT2D eigenvalue weighted by Crippen LogP contribution is -2.47. The lowest BCUT2D eigenvalue weighted by Gasteiger charge is -2.36. The number of likely N-dealkylation sites (tertiary alicyclic amines) is 1. The maximum absolute atomic E-state index is 11.9. The van der Waals surface area contributed by atoms with Gasteiger partial charge in [0.2, 0.25) is 5.91 Å². The van der Waals surface area contributed by atoms with Crippen LogP contribution in [-0.2, 0) is 4.79 Å². The average molecular weight is 214 g/mol. The van der Waals surface area contributed by atoms with Gasteiger partial charge >= 0.3 is 0 Å². The molecule has 15 heavy (non-hydrogen) atoms. The molecule has 1 unspecified atom stereocenters. The van der Waals surface area contributed by atoms with Crippen LogP contribution in [0.2, 0.25) is 0 Å². The summed E-state index contributed by atoms with van der Waals surface area (Å²) >= 11 is 0. The second-order valence-electron chi connectivity index (χ2n) is 4.78. The molecule has 1 saturated heterocycles. The molecule has 0 bridgehead atoms. The Labute approximate surface area is 91.6 Å². The van der Waals surface area contributed by atoms with Crippen LogP contribution in [0.4, 0.5) is 0 Å². The Morgan fingerprint density at radius 2 is 2.07 bits per heavy atom. The van der Waals surface area contributed by atoms with Gasteiger partial charge in [-0.05, 0) is 26.8 Å². The molecule has 4 nitrogen and oxygen atoms in total. The van der Waals surface area contributed by atoms with Gasteiger partial charge in [0.1, 0.15) is 0 Å². The summed E-state index contributed by atoms with van der Waals surface area (Å²) in [5.74, 6) is 0.220. The molecular weight excluding hydrogens is 192 g/mol. The molecule has 1 atom stereocenters. The molecule has 2 N–H and O–H groups in total. The van der Waals surface area contributed by atoms with Crippen molar-refractivity contribution in [1.82, 2.24) is 10.2 Å². The summed E-state index contributed by atoms with van der Waals surface area (Å²) in [5, 5.41) is 12.8. The molecule has 0 aromatic carbocycles. The summed E-state index contributed by atoms with van der Waals surface area (Å²) < 4.78 is 0. The predicted molar refractivity (Wildman–Crippen MR) is 59.5 cm³/mol. The number of carbonyl (C=O) groups excluding carboxylic acids is 1. The van der Waals surface area contributed by atoms with Crippen molar-refractivity contribution in [1.29, 1.82) is 0 Å². The molecule has 0 aliphatic carbocycles. The minimum atomic E-state index is -0.580. The quantitative estimate of drug-likeness (QED) is 0.706. The molecule has 0 aromatic rings. The highest BCUT2D eigenvalue weighted by Gasteiger charge is 2.30. The first-order chi connectivity index (χ1) is 6.96. The Bertz CT molecular complexity index is 219. The molecule has 0 aromatic heterocycles.